The van der Waals surface area contributed by atoms with Gasteiger partial charge in [-0.05, 0) is 42.3 Å². The third kappa shape index (κ3) is 4.56. The van der Waals surface area contributed by atoms with Gasteiger partial charge in [-0.2, -0.15) is 5.10 Å². The number of pyridine rings is 1. The molecule has 0 unspecified atom stereocenters. The van der Waals surface area contributed by atoms with E-state index in [1.807, 2.05) is 31.2 Å². The summed E-state index contributed by atoms with van der Waals surface area (Å²) in [6.45, 7) is 1.86. The smallest absolute Gasteiger partial charge is 0.279 e. The molecule has 2 heterocycles. The Balaban J connectivity index is 1.74. The average Bonchev–Trinajstić information content (AvgIpc) is 2.87. The fourth-order valence-electron chi connectivity index (χ4n) is 3.72. The third-order valence-corrected chi connectivity index (χ3v) is 6.01. The summed E-state index contributed by atoms with van der Waals surface area (Å²) in [5.41, 5.74) is 3.90. The van der Waals surface area contributed by atoms with Gasteiger partial charge >= 0.3 is 0 Å². The number of amides is 1. The van der Waals surface area contributed by atoms with Crippen LogP contribution in [0.15, 0.2) is 65.6 Å². The number of hydrogen-bond acceptors (Lipinski definition) is 6. The second-order valence-corrected chi connectivity index (χ2v) is 8.06. The highest BCUT2D eigenvalue weighted by Crippen LogP contribution is 2.39. The summed E-state index contributed by atoms with van der Waals surface area (Å²) < 4.78 is 6.33. The van der Waals surface area contributed by atoms with E-state index in [-0.39, 0.29) is 11.4 Å². The number of methoxy groups -OCH3 is 1. The summed E-state index contributed by atoms with van der Waals surface area (Å²) in [7, 11) is 2.93. The van der Waals surface area contributed by atoms with E-state index in [0.29, 0.717) is 33.8 Å². The van der Waals surface area contributed by atoms with Crippen LogP contribution in [0.2, 0.25) is 5.02 Å². The van der Waals surface area contributed by atoms with Gasteiger partial charge < -0.3 is 10.1 Å². The van der Waals surface area contributed by atoms with Gasteiger partial charge in [-0.3, -0.25) is 14.4 Å². The Morgan fingerprint density at radius 2 is 1.77 bits per heavy atom. The molecular weight excluding hydrogens is 468 g/mol. The van der Waals surface area contributed by atoms with E-state index in [4.69, 9.17) is 16.3 Å². The lowest BCUT2D eigenvalue weighted by Gasteiger charge is -2.16. The number of aldehydes is 1. The second kappa shape index (κ2) is 9.90. The van der Waals surface area contributed by atoms with Gasteiger partial charge in [0.1, 0.15) is 5.56 Å². The van der Waals surface area contributed by atoms with E-state index in [2.05, 4.69) is 15.4 Å². The fourth-order valence-corrected chi connectivity index (χ4v) is 4.05. The van der Waals surface area contributed by atoms with Gasteiger partial charge in [0.25, 0.3) is 11.5 Å². The number of aromatic nitrogens is 3. The van der Waals surface area contributed by atoms with Gasteiger partial charge in [0.15, 0.2) is 6.29 Å². The van der Waals surface area contributed by atoms with Crippen LogP contribution in [0.1, 0.15) is 26.3 Å². The zero-order valence-electron chi connectivity index (χ0n) is 19.2. The van der Waals surface area contributed by atoms with Crippen LogP contribution in [0.3, 0.4) is 0 Å². The largest absolute Gasteiger partial charge is 0.480 e. The molecule has 4 rings (SSSR count). The summed E-state index contributed by atoms with van der Waals surface area (Å²) >= 11 is 6.82. The molecule has 176 valence electrons. The highest BCUT2D eigenvalue weighted by molar-refractivity contribution is 6.36. The number of ether oxygens (including phenoxy) is 1. The van der Waals surface area contributed by atoms with Crippen molar-refractivity contribution in [2.45, 2.75) is 6.92 Å². The van der Waals surface area contributed by atoms with E-state index >= 15 is 0 Å². The number of nitrogens with one attached hydrogen (secondary N) is 1. The molecule has 2 aromatic carbocycles. The third-order valence-electron chi connectivity index (χ3n) is 5.61. The van der Waals surface area contributed by atoms with Gasteiger partial charge in [0.2, 0.25) is 5.88 Å². The lowest BCUT2D eigenvalue weighted by molar-refractivity contribution is 0.102. The van der Waals surface area contributed by atoms with E-state index in [9.17, 15) is 14.4 Å². The molecule has 0 bridgehead atoms. The van der Waals surface area contributed by atoms with Gasteiger partial charge in [0, 0.05) is 30.1 Å². The van der Waals surface area contributed by atoms with Crippen molar-refractivity contribution >= 4 is 29.5 Å². The summed E-state index contributed by atoms with van der Waals surface area (Å²) in [4.78, 5) is 40.7. The van der Waals surface area contributed by atoms with Gasteiger partial charge in [0.05, 0.1) is 23.4 Å². The zero-order valence-corrected chi connectivity index (χ0v) is 20.0. The Hall–Kier alpha value is -4.30. The maximum absolute atomic E-state index is 12.8. The van der Waals surface area contributed by atoms with Crippen LogP contribution in [-0.4, -0.2) is 34.1 Å². The highest BCUT2D eigenvalue weighted by Gasteiger charge is 2.17. The number of anilines is 1. The molecule has 0 radical (unpaired) electrons. The first-order valence-corrected chi connectivity index (χ1v) is 11.0. The molecule has 8 nitrogen and oxygen atoms in total. The molecule has 4 aromatic rings. The summed E-state index contributed by atoms with van der Waals surface area (Å²) in [6, 6.07) is 15.7. The van der Waals surface area contributed by atoms with Crippen LogP contribution < -0.4 is 15.6 Å². The second-order valence-electron chi connectivity index (χ2n) is 7.69. The Bertz CT molecular complexity index is 1510. The number of hydrogen-bond donors (Lipinski definition) is 1. The summed E-state index contributed by atoms with van der Waals surface area (Å²) in [5.74, 6) is -0.318. The molecule has 2 aromatic heterocycles. The van der Waals surface area contributed by atoms with Crippen LogP contribution >= 0.6 is 11.6 Å². The topological polar surface area (TPSA) is 103 Å². The van der Waals surface area contributed by atoms with E-state index in [1.165, 1.54) is 26.4 Å². The van der Waals surface area contributed by atoms with Crippen molar-refractivity contribution in [3.8, 4) is 28.3 Å². The van der Waals surface area contributed by atoms with Crippen LogP contribution in [0.4, 0.5) is 5.69 Å². The molecule has 35 heavy (non-hydrogen) atoms. The molecule has 0 aliphatic carbocycles. The molecule has 0 saturated carbocycles. The Kier molecular flexibility index (Phi) is 6.75. The van der Waals surface area contributed by atoms with Gasteiger partial charge in [-0.1, -0.05) is 41.9 Å². The van der Waals surface area contributed by atoms with Crippen LogP contribution in [0, 0.1) is 6.92 Å². The molecule has 0 spiro atoms. The van der Waals surface area contributed by atoms with Crippen molar-refractivity contribution in [2.24, 2.45) is 7.05 Å². The van der Waals surface area contributed by atoms with Crippen LogP contribution in [0.5, 0.6) is 5.88 Å². The molecule has 0 saturated heterocycles. The lowest BCUT2D eigenvalue weighted by atomic mass is 9.96. The maximum Gasteiger partial charge on any atom is 0.279 e. The minimum Gasteiger partial charge on any atom is -0.480 e. The van der Waals surface area contributed by atoms with Crippen molar-refractivity contribution in [3.05, 3.63) is 92.9 Å². The van der Waals surface area contributed by atoms with Gasteiger partial charge in [-0.15, -0.1) is 0 Å². The Labute approximate surface area is 206 Å². The first-order chi connectivity index (χ1) is 16.8. The standard InChI is InChI=1S/C26H21ClN4O4/c1-15-17(6-5-9-21(15)29-24(33)20-12-13-28-31(2)26(20)34)18-7-4-8-19(23(18)27)22-11-10-16(14-32)25(30-22)35-3/h4-14H,1-3H3,(H,29,33). The Morgan fingerprint density at radius 1 is 1.06 bits per heavy atom. The van der Waals surface area contributed by atoms with Crippen molar-refractivity contribution in [1.82, 2.24) is 14.8 Å². The van der Waals surface area contributed by atoms with E-state index < -0.39 is 11.5 Å². The zero-order chi connectivity index (χ0) is 25.1. The normalized spacial score (nSPS) is 10.6. The first kappa shape index (κ1) is 23.8. The number of benzene rings is 2. The first-order valence-electron chi connectivity index (χ1n) is 10.6. The highest BCUT2D eigenvalue weighted by atomic mass is 35.5. The molecule has 1 N–H and O–H groups in total. The molecule has 0 aliphatic heterocycles. The van der Waals surface area contributed by atoms with E-state index in [0.717, 1.165) is 21.4 Å². The van der Waals surface area contributed by atoms with Crippen molar-refractivity contribution in [2.75, 3.05) is 12.4 Å². The maximum atomic E-state index is 12.8. The summed E-state index contributed by atoms with van der Waals surface area (Å²) in [5, 5.41) is 7.11. The van der Waals surface area contributed by atoms with Crippen molar-refractivity contribution < 1.29 is 14.3 Å². The molecular formula is C26H21ClN4O4. The quantitative estimate of drug-likeness (QED) is 0.399. The average molecular weight is 489 g/mol. The number of carbonyl (C=O) groups excluding carboxylic acids is 2. The molecule has 9 heteroatoms. The minimum atomic E-state index is -0.528. The summed E-state index contributed by atoms with van der Waals surface area (Å²) in [6.07, 6.45) is 2.08. The Morgan fingerprint density at radius 3 is 2.51 bits per heavy atom. The number of carbonyl (C=O) groups is 2. The number of rotatable bonds is 6. The van der Waals surface area contributed by atoms with Gasteiger partial charge in [-0.25, -0.2) is 9.67 Å². The van der Waals surface area contributed by atoms with Crippen molar-refractivity contribution in [3.63, 3.8) is 0 Å². The number of nitrogens with zero attached hydrogens (tertiary/aromatic N) is 3. The van der Waals surface area contributed by atoms with E-state index in [1.54, 1.807) is 24.3 Å². The monoisotopic (exact) mass is 488 g/mol. The number of halogens is 1. The fraction of sp³-hybridized carbons (Fsp3) is 0.115. The number of aryl methyl sites for hydroxylation is 1. The minimum absolute atomic E-state index is 0.00822. The molecule has 0 atom stereocenters. The molecule has 1 amide bonds. The van der Waals surface area contributed by atoms with Crippen LogP contribution in [-0.2, 0) is 7.05 Å². The van der Waals surface area contributed by atoms with Crippen LogP contribution in [0.25, 0.3) is 22.4 Å². The van der Waals surface area contributed by atoms with Crippen molar-refractivity contribution in [1.29, 1.82) is 0 Å². The lowest BCUT2D eigenvalue weighted by Crippen LogP contribution is -2.28. The molecule has 0 aliphatic rings. The molecule has 0 fully saturated rings. The predicted molar refractivity (Wildman–Crippen MR) is 134 cm³/mol. The predicted octanol–water partition coefficient (Wildman–Crippen LogP) is 4.54. The SMILES string of the molecule is COc1nc(-c2cccc(-c3cccc(NC(=O)c4ccnn(C)c4=O)c3C)c2Cl)ccc1C=O.